The van der Waals surface area contributed by atoms with Crippen molar-refractivity contribution in [1.29, 1.82) is 0 Å². The Bertz CT molecular complexity index is 266. The van der Waals surface area contributed by atoms with E-state index in [1.165, 1.54) is 3.58 Å². The average Bonchev–Trinajstić information content (AvgIpc) is 2.04. The third-order valence-electron chi connectivity index (χ3n) is 1.77. The van der Waals surface area contributed by atoms with Gasteiger partial charge in [0.1, 0.15) is 0 Å². The van der Waals surface area contributed by atoms with Gasteiger partial charge in [0.25, 0.3) is 0 Å². The molecule has 13 heavy (non-hydrogen) atoms. The molecule has 0 aliphatic heterocycles. The number of ether oxygens (including phenoxy) is 1. The van der Waals surface area contributed by atoms with E-state index in [1.807, 2.05) is 19.3 Å². The average molecular weight is 287 g/mol. The zero-order valence-corrected chi connectivity index (χ0v) is 11.5. The van der Waals surface area contributed by atoms with Crippen LogP contribution in [-0.2, 0) is 0 Å². The van der Waals surface area contributed by atoms with Crippen molar-refractivity contribution in [3.63, 3.8) is 0 Å². The van der Waals surface area contributed by atoms with Gasteiger partial charge in [-0.3, -0.25) is 0 Å². The predicted molar refractivity (Wildman–Crippen MR) is 56.2 cm³/mol. The molecular weight excluding hydrogens is 271 g/mol. The van der Waals surface area contributed by atoms with E-state index in [0.29, 0.717) is 12.6 Å². The fourth-order valence-electron chi connectivity index (χ4n) is 0.907. The quantitative estimate of drug-likeness (QED) is 0.789. The van der Waals surface area contributed by atoms with Crippen molar-refractivity contribution in [3.05, 3.63) is 12.4 Å². The third-order valence-corrected chi connectivity index (χ3v) is 7.45. The molecule has 0 atom stereocenters. The van der Waals surface area contributed by atoms with Crippen molar-refractivity contribution in [2.45, 2.75) is 21.7 Å². The molecule has 0 aliphatic carbocycles. The van der Waals surface area contributed by atoms with Crippen molar-refractivity contribution in [1.82, 2.24) is 9.97 Å². The van der Waals surface area contributed by atoms with Gasteiger partial charge in [-0.1, -0.05) is 0 Å². The van der Waals surface area contributed by atoms with Gasteiger partial charge in [0, 0.05) is 0 Å². The van der Waals surface area contributed by atoms with Crippen LogP contribution in [0.25, 0.3) is 0 Å². The van der Waals surface area contributed by atoms with Gasteiger partial charge >= 0.3 is 83.4 Å². The summed E-state index contributed by atoms with van der Waals surface area (Å²) in [5.41, 5.74) is 0. The van der Waals surface area contributed by atoms with E-state index in [2.05, 4.69) is 24.8 Å². The molecule has 0 saturated heterocycles. The molecule has 0 spiro atoms. The van der Waals surface area contributed by atoms with Crippen molar-refractivity contribution in [2.75, 3.05) is 6.61 Å². The van der Waals surface area contributed by atoms with Crippen molar-refractivity contribution in [3.8, 4) is 6.01 Å². The van der Waals surface area contributed by atoms with Crippen molar-refractivity contribution < 1.29 is 4.74 Å². The minimum atomic E-state index is -1.96. The SMILES string of the molecule is CCOc1nc[c]([Sn]([CH3])([CH3])[CH3])cn1. The molecule has 1 heterocycles. The molecule has 0 fully saturated rings. The van der Waals surface area contributed by atoms with Crippen LogP contribution in [-0.4, -0.2) is 35.0 Å². The number of hydrogen-bond donors (Lipinski definition) is 0. The Hall–Kier alpha value is -0.321. The second kappa shape index (κ2) is 4.26. The second-order valence-electron chi connectivity index (χ2n) is 3.94. The van der Waals surface area contributed by atoms with Crippen LogP contribution < -0.4 is 8.32 Å². The van der Waals surface area contributed by atoms with Crippen LogP contribution >= 0.6 is 0 Å². The van der Waals surface area contributed by atoms with Gasteiger partial charge in [-0.15, -0.1) is 0 Å². The van der Waals surface area contributed by atoms with E-state index in [4.69, 9.17) is 4.74 Å². The molecule has 0 saturated carbocycles. The first-order valence-corrected chi connectivity index (χ1v) is 14.5. The Morgan fingerprint density at radius 1 is 1.23 bits per heavy atom. The van der Waals surface area contributed by atoms with Crippen LogP contribution in [0, 0.1) is 0 Å². The molecule has 4 heteroatoms. The van der Waals surface area contributed by atoms with Gasteiger partial charge in [-0.2, -0.15) is 0 Å². The predicted octanol–water partition coefficient (Wildman–Crippen LogP) is 1.42. The van der Waals surface area contributed by atoms with Crippen molar-refractivity contribution >= 4 is 22.0 Å². The first-order chi connectivity index (χ1) is 6.04. The topological polar surface area (TPSA) is 35.0 Å². The van der Waals surface area contributed by atoms with Gasteiger partial charge in [-0.05, 0) is 0 Å². The van der Waals surface area contributed by atoms with E-state index < -0.39 is 18.4 Å². The van der Waals surface area contributed by atoms with Gasteiger partial charge in [0.2, 0.25) is 0 Å². The number of nitrogens with zero attached hydrogens (tertiary/aromatic N) is 2. The number of hydrogen-bond acceptors (Lipinski definition) is 3. The summed E-state index contributed by atoms with van der Waals surface area (Å²) >= 11 is -1.96. The van der Waals surface area contributed by atoms with Crippen LogP contribution in [0.4, 0.5) is 0 Å². The van der Waals surface area contributed by atoms with E-state index in [-0.39, 0.29) is 0 Å². The molecule has 1 aromatic rings. The molecular formula is C9H16N2OSn. The molecule has 1 rings (SSSR count). The Balaban J connectivity index is 2.81. The van der Waals surface area contributed by atoms with Gasteiger partial charge in [0.05, 0.1) is 0 Å². The van der Waals surface area contributed by atoms with Gasteiger partial charge in [0.15, 0.2) is 0 Å². The number of aromatic nitrogens is 2. The number of rotatable bonds is 3. The van der Waals surface area contributed by atoms with Gasteiger partial charge < -0.3 is 0 Å². The summed E-state index contributed by atoms with van der Waals surface area (Å²) in [5, 5.41) is 0. The minimum absolute atomic E-state index is 0.488. The zero-order chi connectivity index (χ0) is 9.90. The maximum absolute atomic E-state index is 5.17. The summed E-state index contributed by atoms with van der Waals surface area (Å²) in [6.45, 7) is 2.55. The van der Waals surface area contributed by atoms with E-state index in [1.54, 1.807) is 0 Å². The normalized spacial score (nSPS) is 11.4. The third kappa shape index (κ3) is 3.14. The van der Waals surface area contributed by atoms with Crippen LogP contribution in [0.3, 0.4) is 0 Å². The molecule has 72 valence electrons. The van der Waals surface area contributed by atoms with Crippen molar-refractivity contribution in [2.24, 2.45) is 0 Å². The van der Waals surface area contributed by atoms with Gasteiger partial charge in [-0.25, -0.2) is 0 Å². The fraction of sp³-hybridized carbons (Fsp3) is 0.556. The van der Waals surface area contributed by atoms with Crippen LogP contribution in [0.15, 0.2) is 12.4 Å². The maximum atomic E-state index is 5.17. The molecule has 1 aromatic heterocycles. The summed E-state index contributed by atoms with van der Waals surface area (Å²) < 4.78 is 6.51. The first kappa shape index (κ1) is 10.8. The monoisotopic (exact) mass is 288 g/mol. The first-order valence-electron chi connectivity index (χ1n) is 4.49. The van der Waals surface area contributed by atoms with Crippen LogP contribution in [0.1, 0.15) is 6.92 Å². The standard InChI is InChI=1S/C6H7N2O.3CH3.Sn/c1-2-9-6-7-4-3-5-8-6;;;;/h4-5H,2H2,1H3;3*1H3;. The Morgan fingerprint density at radius 2 is 1.77 bits per heavy atom. The molecule has 0 unspecified atom stereocenters. The molecule has 0 aromatic carbocycles. The van der Waals surface area contributed by atoms with Crippen LogP contribution in [0.5, 0.6) is 6.01 Å². The molecule has 0 bridgehead atoms. The zero-order valence-electron chi connectivity index (χ0n) is 8.66. The molecule has 0 N–H and O–H groups in total. The Labute approximate surface area is 83.4 Å². The van der Waals surface area contributed by atoms with E-state index >= 15 is 0 Å². The van der Waals surface area contributed by atoms with Crippen LogP contribution in [0.2, 0.25) is 14.8 Å². The Morgan fingerprint density at radius 3 is 2.15 bits per heavy atom. The van der Waals surface area contributed by atoms with E-state index in [9.17, 15) is 0 Å². The molecule has 0 radical (unpaired) electrons. The Kier molecular flexibility index (Phi) is 3.53. The summed E-state index contributed by atoms with van der Waals surface area (Å²) in [6.07, 6.45) is 3.82. The molecule has 0 aliphatic rings. The summed E-state index contributed by atoms with van der Waals surface area (Å²) in [5.74, 6) is 0. The second-order valence-corrected chi connectivity index (χ2v) is 18.4. The molecule has 3 nitrogen and oxygen atoms in total. The summed E-state index contributed by atoms with van der Waals surface area (Å²) in [4.78, 5) is 15.3. The molecule has 0 amide bonds. The summed E-state index contributed by atoms with van der Waals surface area (Å²) in [7, 11) is 0. The fourth-order valence-corrected chi connectivity index (χ4v) is 3.49. The van der Waals surface area contributed by atoms with E-state index in [0.717, 1.165) is 0 Å². The summed E-state index contributed by atoms with van der Waals surface area (Å²) in [6, 6.07) is 0.488.